The largest absolute Gasteiger partial charge is 0.353 e. The maximum Gasteiger partial charge on any atom is 0.158 e. The standard InChI is InChI=1S/C66H78N2O8/c1-6-40-66(41-7-1,54-24-36-60(37-25-54)67(56-28-16-50(17-29-56)46-73-62-12-2-8-42-69-62)57-30-18-51(19-31-57)47-74-63-13-3-9-43-70-63)55-26-38-61(39-27-55)68(58-32-20-52(21-33-58)48-75-64-14-4-10-44-71-64)59-34-22-53(23-35-59)49-76-65-15-5-11-45-72-65/h16-39,62-65H,1-15,40-49H2. The van der Waals surface area contributed by atoms with Crippen LogP contribution in [0.3, 0.4) is 0 Å². The van der Waals surface area contributed by atoms with Crippen LogP contribution < -0.4 is 9.80 Å². The summed E-state index contributed by atoms with van der Waals surface area (Å²) in [5, 5.41) is 0. The zero-order chi connectivity index (χ0) is 51.2. The summed E-state index contributed by atoms with van der Waals surface area (Å²) in [6.07, 6.45) is 18.2. The molecule has 4 atom stereocenters. The fourth-order valence-electron chi connectivity index (χ4n) is 11.7. The number of hydrogen-bond acceptors (Lipinski definition) is 10. The van der Waals surface area contributed by atoms with E-state index < -0.39 is 0 Å². The van der Waals surface area contributed by atoms with Crippen LogP contribution in [0.5, 0.6) is 0 Å². The lowest BCUT2D eigenvalue weighted by atomic mass is 9.65. The van der Waals surface area contributed by atoms with Gasteiger partial charge in [0.1, 0.15) is 0 Å². The van der Waals surface area contributed by atoms with Gasteiger partial charge in [0, 0.05) is 66.0 Å². The Balaban J connectivity index is 0.853. The third-order valence-corrected chi connectivity index (χ3v) is 16.1. The number of anilines is 6. The molecule has 4 aliphatic heterocycles. The van der Waals surface area contributed by atoms with Crippen LogP contribution in [0.2, 0.25) is 0 Å². The number of nitrogens with zero attached hydrogens (tertiary/aromatic N) is 2. The third kappa shape index (κ3) is 13.5. The molecular formula is C66H78N2O8. The lowest BCUT2D eigenvalue weighted by molar-refractivity contribution is -0.169. The first-order valence-corrected chi connectivity index (χ1v) is 28.7. The molecule has 5 fully saturated rings. The van der Waals surface area contributed by atoms with Gasteiger partial charge in [0.2, 0.25) is 0 Å². The van der Waals surface area contributed by atoms with E-state index in [9.17, 15) is 0 Å². The molecule has 4 saturated heterocycles. The predicted octanol–water partition coefficient (Wildman–Crippen LogP) is 16.0. The van der Waals surface area contributed by atoms with Crippen LogP contribution in [0.4, 0.5) is 34.1 Å². The summed E-state index contributed by atoms with van der Waals surface area (Å²) >= 11 is 0. The second-order valence-electron chi connectivity index (χ2n) is 21.5. The van der Waals surface area contributed by atoms with Gasteiger partial charge in [-0.3, -0.25) is 0 Å². The van der Waals surface area contributed by atoms with Gasteiger partial charge >= 0.3 is 0 Å². The van der Waals surface area contributed by atoms with E-state index in [-0.39, 0.29) is 30.6 Å². The highest BCUT2D eigenvalue weighted by molar-refractivity contribution is 5.78. The zero-order valence-electron chi connectivity index (χ0n) is 44.5. The van der Waals surface area contributed by atoms with Gasteiger partial charge in [-0.25, -0.2) is 0 Å². The highest BCUT2D eigenvalue weighted by Crippen LogP contribution is 2.47. The Labute approximate surface area is 451 Å². The molecule has 11 rings (SSSR count). The van der Waals surface area contributed by atoms with E-state index in [1.54, 1.807) is 0 Å². The molecule has 10 heteroatoms. The van der Waals surface area contributed by atoms with Crippen molar-refractivity contribution in [3.05, 3.63) is 179 Å². The molecule has 5 aliphatic rings. The Morgan fingerprint density at radius 3 is 0.789 bits per heavy atom. The maximum atomic E-state index is 6.18. The first kappa shape index (κ1) is 52.6. The minimum Gasteiger partial charge on any atom is -0.353 e. The van der Waals surface area contributed by atoms with Crippen LogP contribution in [0, 0.1) is 0 Å². The first-order valence-electron chi connectivity index (χ1n) is 28.7. The van der Waals surface area contributed by atoms with Gasteiger partial charge in [0.25, 0.3) is 0 Å². The van der Waals surface area contributed by atoms with E-state index in [2.05, 4.69) is 155 Å². The van der Waals surface area contributed by atoms with Crippen molar-refractivity contribution in [1.82, 2.24) is 0 Å². The summed E-state index contributed by atoms with van der Waals surface area (Å²) < 4.78 is 48.2. The fraction of sp³-hybridized carbons (Fsp3) is 0.455. The fourth-order valence-corrected chi connectivity index (χ4v) is 11.7. The minimum absolute atomic E-state index is 0.105. The summed E-state index contributed by atoms with van der Waals surface area (Å²) in [4.78, 5) is 4.72. The van der Waals surface area contributed by atoms with Gasteiger partial charge < -0.3 is 47.7 Å². The van der Waals surface area contributed by atoms with Crippen LogP contribution in [0.1, 0.15) is 143 Å². The minimum atomic E-state index is -0.122. The SMILES string of the molecule is c1cc(N(c2ccc(COC3CCCCO3)cc2)c2ccc(C3(c4ccc(N(c5ccc(COC6CCCCO6)cc5)c5ccc(COC6CCCCO6)cc5)cc4)CCCCC3)cc2)ccc1COC1CCCCO1. The number of rotatable bonds is 20. The predicted molar refractivity (Wildman–Crippen MR) is 300 cm³/mol. The molecule has 0 aromatic heterocycles. The van der Waals surface area contributed by atoms with Gasteiger partial charge in [-0.2, -0.15) is 0 Å². The van der Waals surface area contributed by atoms with Crippen molar-refractivity contribution in [2.75, 3.05) is 36.2 Å². The topological polar surface area (TPSA) is 80.3 Å². The van der Waals surface area contributed by atoms with Crippen LogP contribution in [0.15, 0.2) is 146 Å². The number of ether oxygens (including phenoxy) is 8. The summed E-state index contributed by atoms with van der Waals surface area (Å²) in [6, 6.07) is 54.1. The molecule has 0 bridgehead atoms. The van der Waals surface area contributed by atoms with E-state index in [0.717, 1.165) is 173 Å². The average molecular weight is 1030 g/mol. The van der Waals surface area contributed by atoms with Gasteiger partial charge in [0.15, 0.2) is 25.2 Å². The Bertz CT molecular complexity index is 2340. The average Bonchev–Trinajstić information content (AvgIpc) is 3.51. The second-order valence-corrected chi connectivity index (χ2v) is 21.5. The van der Waals surface area contributed by atoms with Crippen molar-refractivity contribution in [3.8, 4) is 0 Å². The van der Waals surface area contributed by atoms with Crippen molar-refractivity contribution in [1.29, 1.82) is 0 Å². The van der Waals surface area contributed by atoms with E-state index in [0.29, 0.717) is 26.4 Å². The smallest absolute Gasteiger partial charge is 0.158 e. The molecule has 6 aromatic rings. The quantitative estimate of drug-likeness (QED) is 0.0737. The van der Waals surface area contributed by atoms with Crippen molar-refractivity contribution in [2.45, 2.75) is 166 Å². The van der Waals surface area contributed by atoms with Crippen LogP contribution in [-0.2, 0) is 69.7 Å². The molecule has 0 N–H and O–H groups in total. The summed E-state index contributed by atoms with van der Waals surface area (Å²) in [5.41, 5.74) is 13.7. The highest BCUT2D eigenvalue weighted by Gasteiger charge is 2.36. The van der Waals surface area contributed by atoms with Gasteiger partial charge in [0.05, 0.1) is 26.4 Å². The van der Waals surface area contributed by atoms with Gasteiger partial charge in [-0.05, 0) is 196 Å². The Hall–Kier alpha value is -5.40. The monoisotopic (exact) mass is 1030 g/mol. The molecule has 10 nitrogen and oxygen atoms in total. The Kier molecular flexibility index (Phi) is 18.2. The molecule has 0 spiro atoms. The molecule has 1 aliphatic carbocycles. The molecule has 4 heterocycles. The molecule has 0 amide bonds. The molecular weight excluding hydrogens is 949 g/mol. The summed E-state index contributed by atoms with van der Waals surface area (Å²) in [7, 11) is 0. The van der Waals surface area contributed by atoms with E-state index in [1.807, 2.05) is 0 Å². The van der Waals surface area contributed by atoms with Crippen molar-refractivity contribution in [3.63, 3.8) is 0 Å². The van der Waals surface area contributed by atoms with E-state index in [4.69, 9.17) is 37.9 Å². The van der Waals surface area contributed by atoms with Crippen molar-refractivity contribution in [2.24, 2.45) is 0 Å². The molecule has 4 unspecified atom stereocenters. The number of hydrogen-bond donors (Lipinski definition) is 0. The third-order valence-electron chi connectivity index (χ3n) is 16.1. The van der Waals surface area contributed by atoms with Crippen molar-refractivity contribution < 1.29 is 37.9 Å². The normalized spacial score (nSPS) is 21.9. The second kappa shape index (κ2) is 26.3. The maximum absolute atomic E-state index is 6.18. The summed E-state index contributed by atoms with van der Waals surface area (Å²) in [5.74, 6) is 0. The number of benzene rings is 6. The van der Waals surface area contributed by atoms with Crippen LogP contribution in [0.25, 0.3) is 0 Å². The lowest BCUT2D eigenvalue weighted by Crippen LogP contribution is -2.30. The molecule has 400 valence electrons. The van der Waals surface area contributed by atoms with E-state index >= 15 is 0 Å². The van der Waals surface area contributed by atoms with Gasteiger partial charge in [-0.1, -0.05) is 92.1 Å². The summed E-state index contributed by atoms with van der Waals surface area (Å²) in [6.45, 7) is 5.21. The van der Waals surface area contributed by atoms with Crippen LogP contribution in [-0.4, -0.2) is 51.6 Å². The first-order chi connectivity index (χ1) is 37.6. The van der Waals surface area contributed by atoms with Crippen LogP contribution >= 0.6 is 0 Å². The van der Waals surface area contributed by atoms with Gasteiger partial charge in [-0.15, -0.1) is 0 Å². The molecule has 1 saturated carbocycles. The van der Waals surface area contributed by atoms with Crippen molar-refractivity contribution >= 4 is 34.1 Å². The van der Waals surface area contributed by atoms with E-state index in [1.165, 1.54) is 30.4 Å². The Morgan fingerprint density at radius 1 is 0.303 bits per heavy atom. The molecule has 0 radical (unpaired) electrons. The Morgan fingerprint density at radius 2 is 0.553 bits per heavy atom. The zero-order valence-corrected chi connectivity index (χ0v) is 44.5. The lowest BCUT2D eigenvalue weighted by Gasteiger charge is -2.39. The highest BCUT2D eigenvalue weighted by atomic mass is 16.7. The molecule has 76 heavy (non-hydrogen) atoms. The molecule has 6 aromatic carbocycles.